The summed E-state index contributed by atoms with van der Waals surface area (Å²) in [4.78, 5) is 0. The van der Waals surface area contributed by atoms with Gasteiger partial charge in [-0.3, -0.25) is 0 Å². The molecule has 0 rings (SSSR count). The number of unbranched alkanes of at least 4 members (excludes halogenated alkanes) is 4. The topological polar surface area (TPSA) is 67.0 Å². The molecule has 0 atom stereocenters. The van der Waals surface area contributed by atoms with E-state index in [0.717, 1.165) is 0 Å². The molecule has 0 saturated heterocycles. The van der Waals surface area contributed by atoms with Crippen molar-refractivity contribution in [2.45, 2.75) is 39.5 Å². The average molecular weight is 362 g/mol. The van der Waals surface area contributed by atoms with Gasteiger partial charge in [0.05, 0.1) is 0 Å². The summed E-state index contributed by atoms with van der Waals surface area (Å²) >= 11 is 1.61. The van der Waals surface area contributed by atoms with Crippen LogP contribution in [0.15, 0.2) is 0 Å². The molecule has 0 heterocycles. The van der Waals surface area contributed by atoms with Gasteiger partial charge in [-0.2, -0.15) is 12.8 Å². The van der Waals surface area contributed by atoms with Gasteiger partial charge < -0.3 is 18.7 Å². The van der Waals surface area contributed by atoms with Crippen molar-refractivity contribution < 1.29 is 18.8 Å². The average Bonchev–Trinajstić information content (AvgIpc) is 1.94. The SMILES string of the molecule is CCC[CH-]CCC.[Cl][Pt].[NH2-].[NH2-]. The molecule has 0 aromatic carbocycles. The maximum absolute atomic E-state index is 4.61. The van der Waals surface area contributed by atoms with Crippen LogP contribution in [0.5, 0.6) is 0 Å². The predicted octanol–water partition coefficient (Wildman–Crippen LogP) is 4.91. The van der Waals surface area contributed by atoms with Crippen LogP contribution in [0.1, 0.15) is 39.5 Å². The Hall–Kier alpha value is 0.898. The van der Waals surface area contributed by atoms with E-state index in [2.05, 4.69) is 29.7 Å². The van der Waals surface area contributed by atoms with Crippen LogP contribution in [0.2, 0.25) is 0 Å². The fourth-order valence-corrected chi connectivity index (χ4v) is 0.553. The first kappa shape index (κ1) is 22.7. The summed E-state index contributed by atoms with van der Waals surface area (Å²) < 4.78 is 0. The molecule has 0 amide bonds. The minimum atomic E-state index is 0. The largest absolute Gasteiger partial charge is 0.693 e. The zero-order valence-corrected chi connectivity index (χ0v) is 10.3. The van der Waals surface area contributed by atoms with E-state index >= 15 is 0 Å². The van der Waals surface area contributed by atoms with Crippen LogP contribution in [0, 0.1) is 6.42 Å². The smallest absolute Gasteiger partial charge is 0.693 e. The fourth-order valence-electron chi connectivity index (χ4n) is 0.553. The molecule has 0 spiro atoms. The molecule has 0 radical (unpaired) electrons. The van der Waals surface area contributed by atoms with E-state index < -0.39 is 0 Å². The molecule has 0 aliphatic heterocycles. The number of rotatable bonds is 4. The second-order valence-corrected chi connectivity index (χ2v) is 1.87. The van der Waals surface area contributed by atoms with E-state index in [-0.39, 0.29) is 12.3 Å². The van der Waals surface area contributed by atoms with Crippen molar-refractivity contribution in [3.8, 4) is 0 Å². The van der Waals surface area contributed by atoms with Crippen LogP contribution >= 0.6 is 9.42 Å². The van der Waals surface area contributed by atoms with Crippen LogP contribution in [0.4, 0.5) is 0 Å². The van der Waals surface area contributed by atoms with Crippen molar-refractivity contribution in [1.82, 2.24) is 0 Å². The maximum Gasteiger partial charge on any atom is -0.693 e. The van der Waals surface area contributed by atoms with Gasteiger partial charge in [0.15, 0.2) is 0 Å². The number of hydrogen-bond acceptors (Lipinski definition) is 0. The summed E-state index contributed by atoms with van der Waals surface area (Å²) in [5, 5.41) is 0. The second kappa shape index (κ2) is 30.7. The minimum Gasteiger partial charge on any atom is -0.693 e. The Labute approximate surface area is 86.5 Å². The van der Waals surface area contributed by atoms with E-state index in [1.807, 2.05) is 0 Å². The molecule has 11 heavy (non-hydrogen) atoms. The maximum atomic E-state index is 4.61. The first-order valence-corrected chi connectivity index (χ1v) is 6.17. The minimum absolute atomic E-state index is 0. The van der Waals surface area contributed by atoms with Gasteiger partial charge in [0.2, 0.25) is 0 Å². The summed E-state index contributed by atoms with van der Waals surface area (Å²) in [6.45, 7) is 4.43. The summed E-state index contributed by atoms with van der Waals surface area (Å²) in [5.41, 5.74) is 0. The second-order valence-electron chi connectivity index (χ2n) is 1.87. The molecule has 0 saturated carbocycles. The molecule has 0 bridgehead atoms. The third-order valence-electron chi connectivity index (χ3n) is 0.986. The van der Waals surface area contributed by atoms with Crippen LogP contribution in [-0.4, -0.2) is 0 Å². The fraction of sp³-hybridized carbons (Fsp3) is 0.857. The van der Waals surface area contributed by atoms with Crippen molar-refractivity contribution in [2.24, 2.45) is 0 Å². The van der Waals surface area contributed by atoms with Crippen LogP contribution in [-0.2, 0) is 18.8 Å². The predicted molar refractivity (Wildman–Crippen MR) is 50.5 cm³/mol. The Balaban J connectivity index is -0.0000000564. The molecule has 0 aromatic heterocycles. The molecule has 2 nitrogen and oxygen atoms in total. The van der Waals surface area contributed by atoms with Gasteiger partial charge in [-0.05, 0) is 0 Å². The Bertz CT molecular complexity index is 35.6. The first-order chi connectivity index (χ1) is 4.41. The van der Waals surface area contributed by atoms with E-state index in [1.165, 1.54) is 25.7 Å². The quantitative estimate of drug-likeness (QED) is 0.504. The van der Waals surface area contributed by atoms with E-state index in [4.69, 9.17) is 0 Å². The summed E-state index contributed by atoms with van der Waals surface area (Å²) in [6.07, 6.45) is 7.57. The third-order valence-corrected chi connectivity index (χ3v) is 0.986. The van der Waals surface area contributed by atoms with Crippen LogP contribution in [0.3, 0.4) is 0 Å². The van der Waals surface area contributed by atoms with Crippen LogP contribution in [0.25, 0.3) is 12.3 Å². The van der Waals surface area contributed by atoms with Crippen LogP contribution < -0.4 is 0 Å². The van der Waals surface area contributed by atoms with Gasteiger partial charge in [-0.25, -0.2) is 0 Å². The molecule has 0 aliphatic carbocycles. The molecule has 0 fully saturated rings. The third kappa shape index (κ3) is 36.0. The molecule has 0 aliphatic rings. The van der Waals surface area contributed by atoms with E-state index in [0.29, 0.717) is 0 Å². The Morgan fingerprint density at radius 1 is 1.00 bits per heavy atom. The monoisotopic (exact) mass is 361 g/mol. The van der Waals surface area contributed by atoms with Crippen molar-refractivity contribution in [3.63, 3.8) is 0 Å². The Kier molecular flexibility index (Phi) is 63.2. The van der Waals surface area contributed by atoms with Crippen molar-refractivity contribution in [2.75, 3.05) is 0 Å². The Morgan fingerprint density at radius 3 is 1.45 bits per heavy atom. The van der Waals surface area contributed by atoms with Crippen molar-refractivity contribution >= 4 is 9.42 Å². The summed E-state index contributed by atoms with van der Waals surface area (Å²) in [7, 11) is 4.61. The standard InChI is InChI=1S/C7H15.ClH.2H2N.Pt/c1-3-5-7-6-4-2;;;;/h7H,3-6H2,1-2H3;1H;2*1H2;/q-1;;2*-1;+1/p-1. The number of nitrogens with two attached hydrogens (primary N) is 2. The normalized spacial score (nSPS) is 6.64. The molecule has 4 N–H and O–H groups in total. The van der Waals surface area contributed by atoms with E-state index in [9.17, 15) is 0 Å². The van der Waals surface area contributed by atoms with Gasteiger partial charge in [-0.1, -0.05) is 26.7 Å². The molecule has 77 valence electrons. The first-order valence-electron chi connectivity index (χ1n) is 3.35. The number of halogens is 1. The molecule has 4 heteroatoms. The summed E-state index contributed by atoms with van der Waals surface area (Å²) in [6, 6.07) is 0. The van der Waals surface area contributed by atoms with Gasteiger partial charge in [-0.15, -0.1) is 0 Å². The molecule has 0 unspecified atom stereocenters. The molecule has 0 aromatic rings. The van der Waals surface area contributed by atoms with Gasteiger partial charge in [0.1, 0.15) is 0 Å². The Morgan fingerprint density at radius 2 is 1.27 bits per heavy atom. The molecular formula is C7H19ClN2Pt-3. The van der Waals surface area contributed by atoms with Gasteiger partial charge in [0, 0.05) is 0 Å². The number of hydrogen-bond donors (Lipinski definition) is 0. The zero-order valence-electron chi connectivity index (χ0n) is 7.25. The summed E-state index contributed by atoms with van der Waals surface area (Å²) in [5.74, 6) is 0. The van der Waals surface area contributed by atoms with Crippen molar-refractivity contribution in [1.29, 1.82) is 0 Å². The van der Waals surface area contributed by atoms with E-state index in [1.54, 1.807) is 18.8 Å². The van der Waals surface area contributed by atoms with Gasteiger partial charge in [0.25, 0.3) is 0 Å². The zero-order chi connectivity index (χ0) is 7.54. The molecular weight excluding hydrogens is 343 g/mol. The van der Waals surface area contributed by atoms with Gasteiger partial charge >= 0.3 is 28.2 Å². The van der Waals surface area contributed by atoms with Crippen molar-refractivity contribution in [3.05, 3.63) is 18.7 Å².